The van der Waals surface area contributed by atoms with Gasteiger partial charge in [-0.15, -0.1) is 5.10 Å². The first-order chi connectivity index (χ1) is 11.2. The Morgan fingerprint density at radius 2 is 2.13 bits per heavy atom. The van der Waals surface area contributed by atoms with E-state index in [-0.39, 0.29) is 0 Å². The molecule has 6 heteroatoms. The largest absolute Gasteiger partial charge is 0.464 e. The second-order valence-electron chi connectivity index (χ2n) is 7.15. The van der Waals surface area contributed by atoms with E-state index in [4.69, 9.17) is 0 Å². The number of likely N-dealkylation sites (tertiary alicyclic amines) is 1. The van der Waals surface area contributed by atoms with Crippen molar-refractivity contribution in [3.05, 3.63) is 24.0 Å². The van der Waals surface area contributed by atoms with Crippen LogP contribution in [0.2, 0.25) is 0 Å². The molecule has 0 unspecified atom stereocenters. The van der Waals surface area contributed by atoms with E-state index in [1.807, 2.05) is 4.68 Å². The fourth-order valence-electron chi connectivity index (χ4n) is 4.46. The maximum atomic E-state index is 11.5. The van der Waals surface area contributed by atoms with E-state index >= 15 is 0 Å². The first kappa shape index (κ1) is 14.9. The maximum Gasteiger partial charge on any atom is 0.360 e. The molecule has 4 rings (SSSR count). The lowest BCUT2D eigenvalue weighted by atomic mass is 9.92. The molecule has 2 bridgehead atoms. The molecule has 2 fully saturated rings. The zero-order valence-electron chi connectivity index (χ0n) is 13.6. The van der Waals surface area contributed by atoms with E-state index in [1.165, 1.54) is 26.5 Å². The summed E-state index contributed by atoms with van der Waals surface area (Å²) in [6.45, 7) is 3.45. The third-order valence-electron chi connectivity index (χ3n) is 5.75. The van der Waals surface area contributed by atoms with Crippen molar-refractivity contribution in [2.75, 3.05) is 26.7 Å². The second kappa shape index (κ2) is 6.07. The summed E-state index contributed by atoms with van der Waals surface area (Å²) in [5.74, 6) is 2.13. The molecular weight excluding hydrogens is 292 g/mol. The van der Waals surface area contributed by atoms with Gasteiger partial charge in [-0.2, -0.15) is 0 Å². The van der Waals surface area contributed by atoms with Gasteiger partial charge in [-0.1, -0.05) is 17.4 Å². The van der Waals surface area contributed by atoms with Crippen molar-refractivity contribution < 1.29 is 9.53 Å². The molecule has 0 radical (unpaired) electrons. The number of hydrogen-bond donors (Lipinski definition) is 0. The number of carbonyl (C=O) groups is 1. The number of carbonyl (C=O) groups excluding carboxylic acids is 1. The van der Waals surface area contributed by atoms with Gasteiger partial charge in [-0.25, -0.2) is 9.48 Å². The summed E-state index contributed by atoms with van der Waals surface area (Å²) in [5, 5.41) is 8.01. The Balaban J connectivity index is 1.30. The van der Waals surface area contributed by atoms with Crippen LogP contribution in [0, 0.1) is 17.8 Å². The van der Waals surface area contributed by atoms with Crippen LogP contribution in [0.3, 0.4) is 0 Å². The van der Waals surface area contributed by atoms with Crippen LogP contribution >= 0.6 is 0 Å². The van der Waals surface area contributed by atoms with Gasteiger partial charge in [0.25, 0.3) is 0 Å². The van der Waals surface area contributed by atoms with Crippen molar-refractivity contribution in [1.29, 1.82) is 0 Å². The zero-order chi connectivity index (χ0) is 15.8. The molecule has 124 valence electrons. The van der Waals surface area contributed by atoms with Crippen LogP contribution < -0.4 is 0 Å². The van der Waals surface area contributed by atoms with Crippen LogP contribution in [0.25, 0.3) is 0 Å². The lowest BCUT2D eigenvalue weighted by Gasteiger charge is -2.34. The molecular formula is C17H24N4O2. The van der Waals surface area contributed by atoms with Gasteiger partial charge in [-0.3, -0.25) is 0 Å². The Hall–Kier alpha value is -1.69. The molecule has 0 amide bonds. The molecule has 2 heterocycles. The van der Waals surface area contributed by atoms with E-state index in [0.717, 1.165) is 43.7 Å². The Morgan fingerprint density at radius 3 is 2.78 bits per heavy atom. The number of piperidine rings is 1. The SMILES string of the molecule is COC(=O)c1cn(C2CCN(C[C@H]3C[C@H]4C=C[C@H]3C4)CC2)nn1. The lowest BCUT2D eigenvalue weighted by molar-refractivity contribution is 0.0594. The van der Waals surface area contributed by atoms with Crippen molar-refractivity contribution in [2.45, 2.75) is 31.7 Å². The molecule has 1 aliphatic heterocycles. The predicted octanol–water partition coefficient (Wildman–Crippen LogP) is 1.91. The van der Waals surface area contributed by atoms with E-state index < -0.39 is 5.97 Å². The topological polar surface area (TPSA) is 60.2 Å². The van der Waals surface area contributed by atoms with Gasteiger partial charge >= 0.3 is 5.97 Å². The Bertz CT molecular complexity index is 603. The highest BCUT2D eigenvalue weighted by Crippen LogP contribution is 2.43. The minimum absolute atomic E-state index is 0.295. The predicted molar refractivity (Wildman–Crippen MR) is 84.9 cm³/mol. The Morgan fingerprint density at radius 1 is 1.30 bits per heavy atom. The smallest absolute Gasteiger partial charge is 0.360 e. The van der Waals surface area contributed by atoms with Gasteiger partial charge in [-0.05, 0) is 43.4 Å². The number of nitrogens with zero attached hydrogens (tertiary/aromatic N) is 4. The van der Waals surface area contributed by atoms with E-state index in [2.05, 4.69) is 32.1 Å². The summed E-state index contributed by atoms with van der Waals surface area (Å²) in [4.78, 5) is 14.1. The van der Waals surface area contributed by atoms with E-state index in [9.17, 15) is 4.79 Å². The number of hydrogen-bond acceptors (Lipinski definition) is 5. The third kappa shape index (κ3) is 2.92. The normalized spacial score (nSPS) is 30.9. The van der Waals surface area contributed by atoms with Crippen LogP contribution in [0.4, 0.5) is 0 Å². The zero-order valence-corrected chi connectivity index (χ0v) is 13.6. The molecule has 3 atom stereocenters. The highest BCUT2D eigenvalue weighted by Gasteiger charge is 2.36. The van der Waals surface area contributed by atoms with Crippen LogP contribution in [0.1, 0.15) is 42.2 Å². The molecule has 23 heavy (non-hydrogen) atoms. The molecule has 3 aliphatic rings. The maximum absolute atomic E-state index is 11.5. The van der Waals surface area contributed by atoms with Crippen LogP contribution in [-0.2, 0) is 4.74 Å². The minimum atomic E-state index is -0.418. The fraction of sp³-hybridized carbons (Fsp3) is 0.706. The molecule has 1 saturated heterocycles. The Kier molecular flexibility index (Phi) is 3.93. The standard InChI is InChI=1S/C17H24N4O2/c1-23-17(22)16-11-21(19-18-16)15-4-6-20(7-5-15)10-14-9-12-2-3-13(14)8-12/h2-3,11-15H,4-10H2,1H3/t12-,13-,14+/m0/s1. The lowest BCUT2D eigenvalue weighted by Crippen LogP contribution is -2.38. The number of rotatable bonds is 4. The van der Waals surface area contributed by atoms with Crippen molar-refractivity contribution in [3.8, 4) is 0 Å². The number of allylic oxidation sites excluding steroid dienone is 2. The van der Waals surface area contributed by atoms with Crippen LogP contribution in [0.5, 0.6) is 0 Å². The summed E-state index contributed by atoms with van der Waals surface area (Å²) in [6, 6.07) is 0.345. The quantitative estimate of drug-likeness (QED) is 0.627. The summed E-state index contributed by atoms with van der Waals surface area (Å²) >= 11 is 0. The summed E-state index contributed by atoms with van der Waals surface area (Å²) in [6.07, 6.45) is 11.5. The number of aromatic nitrogens is 3. The van der Waals surface area contributed by atoms with Gasteiger partial charge in [0, 0.05) is 19.6 Å². The van der Waals surface area contributed by atoms with Gasteiger partial charge in [0.15, 0.2) is 5.69 Å². The number of methoxy groups -OCH3 is 1. The van der Waals surface area contributed by atoms with Crippen molar-refractivity contribution in [3.63, 3.8) is 0 Å². The number of esters is 1. The first-order valence-electron chi connectivity index (χ1n) is 8.63. The molecule has 0 aromatic carbocycles. The van der Waals surface area contributed by atoms with Crippen LogP contribution in [0.15, 0.2) is 18.3 Å². The number of fused-ring (bicyclic) bond motifs is 2. The number of ether oxygens (including phenoxy) is 1. The molecule has 0 spiro atoms. The Labute approximate surface area is 136 Å². The van der Waals surface area contributed by atoms with Crippen LogP contribution in [-0.4, -0.2) is 52.6 Å². The van der Waals surface area contributed by atoms with Crippen molar-refractivity contribution >= 4 is 5.97 Å². The van der Waals surface area contributed by atoms with Gasteiger partial charge < -0.3 is 9.64 Å². The fourth-order valence-corrected chi connectivity index (χ4v) is 4.46. The minimum Gasteiger partial charge on any atom is -0.464 e. The molecule has 1 saturated carbocycles. The van der Waals surface area contributed by atoms with Crippen molar-refractivity contribution in [2.24, 2.45) is 17.8 Å². The third-order valence-corrected chi connectivity index (χ3v) is 5.75. The molecule has 6 nitrogen and oxygen atoms in total. The highest BCUT2D eigenvalue weighted by atomic mass is 16.5. The van der Waals surface area contributed by atoms with E-state index in [0.29, 0.717) is 11.7 Å². The average molecular weight is 316 g/mol. The van der Waals surface area contributed by atoms with E-state index in [1.54, 1.807) is 6.20 Å². The molecule has 1 aromatic rings. The van der Waals surface area contributed by atoms with Gasteiger partial charge in [0.1, 0.15) is 0 Å². The van der Waals surface area contributed by atoms with Gasteiger partial charge in [0.05, 0.1) is 19.3 Å². The molecule has 0 N–H and O–H groups in total. The van der Waals surface area contributed by atoms with Crippen molar-refractivity contribution in [1.82, 2.24) is 19.9 Å². The summed E-state index contributed by atoms with van der Waals surface area (Å²) in [7, 11) is 1.37. The second-order valence-corrected chi connectivity index (χ2v) is 7.15. The molecule has 1 aromatic heterocycles. The monoisotopic (exact) mass is 316 g/mol. The summed E-state index contributed by atoms with van der Waals surface area (Å²) in [5.41, 5.74) is 0.295. The average Bonchev–Trinajstić information content (AvgIpc) is 3.31. The molecule has 2 aliphatic carbocycles. The first-order valence-corrected chi connectivity index (χ1v) is 8.63. The highest BCUT2D eigenvalue weighted by molar-refractivity contribution is 5.86. The van der Waals surface area contributed by atoms with Gasteiger partial charge in [0.2, 0.25) is 0 Å². The summed E-state index contributed by atoms with van der Waals surface area (Å²) < 4.78 is 6.52.